The summed E-state index contributed by atoms with van der Waals surface area (Å²) in [4.78, 5) is 0. The second kappa shape index (κ2) is 8.79. The van der Waals surface area contributed by atoms with Gasteiger partial charge in [0, 0.05) is 11.6 Å². The molecule has 0 aliphatic heterocycles. The van der Waals surface area contributed by atoms with Gasteiger partial charge < -0.3 is 15.2 Å². The molecule has 0 bridgehead atoms. The average Bonchev–Trinajstić information content (AvgIpc) is 2.51. The van der Waals surface area contributed by atoms with Crippen LogP contribution in [0.15, 0.2) is 48.5 Å². The number of aryl methyl sites for hydroxylation is 1. The first kappa shape index (κ1) is 16.8. The molecular formula is C18H22ClNO2. The normalized spacial score (nSPS) is 12.1. The number of aliphatic hydroxyl groups excluding tert-OH is 1. The van der Waals surface area contributed by atoms with Gasteiger partial charge in [-0.15, -0.1) is 0 Å². The fourth-order valence-electron chi connectivity index (χ4n) is 2.11. The Bertz CT molecular complexity index is 572. The van der Waals surface area contributed by atoms with Gasteiger partial charge in [-0.2, -0.15) is 0 Å². The molecule has 0 fully saturated rings. The van der Waals surface area contributed by atoms with E-state index in [1.165, 1.54) is 5.56 Å². The summed E-state index contributed by atoms with van der Waals surface area (Å²) in [5.41, 5.74) is 2.37. The van der Waals surface area contributed by atoms with Crippen molar-refractivity contribution in [2.45, 2.75) is 19.4 Å². The lowest BCUT2D eigenvalue weighted by molar-refractivity contribution is 0.106. The first-order valence-electron chi connectivity index (χ1n) is 7.46. The van der Waals surface area contributed by atoms with Crippen molar-refractivity contribution in [3.8, 4) is 5.75 Å². The van der Waals surface area contributed by atoms with Gasteiger partial charge in [-0.3, -0.25) is 0 Å². The van der Waals surface area contributed by atoms with Gasteiger partial charge in [0.2, 0.25) is 0 Å². The number of benzene rings is 2. The zero-order chi connectivity index (χ0) is 15.8. The zero-order valence-corrected chi connectivity index (χ0v) is 13.5. The second-order valence-corrected chi connectivity index (χ2v) is 5.80. The SMILES string of the molecule is Cc1cccc(OC[C@H](O)CNCCc2ccc(Cl)cc2)c1. The summed E-state index contributed by atoms with van der Waals surface area (Å²) < 4.78 is 5.57. The van der Waals surface area contributed by atoms with Crippen molar-refractivity contribution >= 4 is 11.6 Å². The molecule has 2 aromatic carbocycles. The van der Waals surface area contributed by atoms with E-state index in [1.54, 1.807) is 0 Å². The maximum atomic E-state index is 9.91. The fraction of sp³-hybridized carbons (Fsp3) is 0.333. The molecule has 3 nitrogen and oxygen atoms in total. The molecule has 118 valence electrons. The topological polar surface area (TPSA) is 41.5 Å². The molecule has 0 unspecified atom stereocenters. The minimum atomic E-state index is -0.522. The Morgan fingerprint density at radius 3 is 2.68 bits per heavy atom. The summed E-state index contributed by atoms with van der Waals surface area (Å²) >= 11 is 5.85. The number of aliphatic hydroxyl groups is 1. The number of rotatable bonds is 8. The van der Waals surface area contributed by atoms with E-state index in [4.69, 9.17) is 16.3 Å². The van der Waals surface area contributed by atoms with Crippen LogP contribution in [-0.2, 0) is 6.42 Å². The van der Waals surface area contributed by atoms with Crippen molar-refractivity contribution in [2.75, 3.05) is 19.7 Å². The standard InChI is InChI=1S/C18H22ClNO2/c1-14-3-2-4-18(11-14)22-13-17(21)12-20-10-9-15-5-7-16(19)8-6-15/h2-8,11,17,20-21H,9-10,12-13H2,1H3/t17-/m1/s1. The maximum absolute atomic E-state index is 9.91. The van der Waals surface area contributed by atoms with E-state index >= 15 is 0 Å². The van der Waals surface area contributed by atoms with Crippen molar-refractivity contribution in [1.82, 2.24) is 5.32 Å². The number of hydrogen-bond donors (Lipinski definition) is 2. The summed E-state index contributed by atoms with van der Waals surface area (Å²) in [5.74, 6) is 0.792. The highest BCUT2D eigenvalue weighted by atomic mass is 35.5. The number of halogens is 1. The van der Waals surface area contributed by atoms with Crippen LogP contribution in [0, 0.1) is 6.92 Å². The summed E-state index contributed by atoms with van der Waals surface area (Å²) in [6, 6.07) is 15.6. The summed E-state index contributed by atoms with van der Waals surface area (Å²) in [6.45, 7) is 3.63. The molecule has 0 aliphatic carbocycles. The minimum absolute atomic E-state index is 0.289. The van der Waals surface area contributed by atoms with E-state index in [2.05, 4.69) is 5.32 Å². The van der Waals surface area contributed by atoms with Crippen LogP contribution in [0.2, 0.25) is 5.02 Å². The molecule has 1 atom stereocenters. The highest BCUT2D eigenvalue weighted by Crippen LogP contribution is 2.12. The Morgan fingerprint density at radius 1 is 1.18 bits per heavy atom. The van der Waals surface area contributed by atoms with Crippen molar-refractivity contribution in [3.63, 3.8) is 0 Å². The lowest BCUT2D eigenvalue weighted by Crippen LogP contribution is -2.32. The summed E-state index contributed by atoms with van der Waals surface area (Å²) in [6.07, 6.45) is 0.383. The van der Waals surface area contributed by atoms with Gasteiger partial charge in [0.25, 0.3) is 0 Å². The van der Waals surface area contributed by atoms with Crippen molar-refractivity contribution in [3.05, 3.63) is 64.7 Å². The van der Waals surface area contributed by atoms with Gasteiger partial charge >= 0.3 is 0 Å². The van der Waals surface area contributed by atoms with Gasteiger partial charge in [-0.25, -0.2) is 0 Å². The number of nitrogens with one attached hydrogen (secondary N) is 1. The molecule has 0 heterocycles. The van der Waals surface area contributed by atoms with Crippen molar-refractivity contribution in [1.29, 1.82) is 0 Å². The highest BCUT2D eigenvalue weighted by Gasteiger charge is 2.05. The Hall–Kier alpha value is -1.55. The van der Waals surface area contributed by atoms with E-state index < -0.39 is 6.10 Å². The molecule has 2 rings (SSSR count). The highest BCUT2D eigenvalue weighted by molar-refractivity contribution is 6.30. The quantitative estimate of drug-likeness (QED) is 0.734. The van der Waals surface area contributed by atoms with Crippen LogP contribution in [0.1, 0.15) is 11.1 Å². The third-order valence-electron chi connectivity index (χ3n) is 3.32. The first-order chi connectivity index (χ1) is 10.6. The third kappa shape index (κ3) is 6.06. The molecule has 0 saturated carbocycles. The predicted molar refractivity (Wildman–Crippen MR) is 90.7 cm³/mol. The van der Waals surface area contributed by atoms with Crippen LogP contribution in [0.3, 0.4) is 0 Å². The Labute approximate surface area is 136 Å². The molecule has 4 heteroatoms. The van der Waals surface area contributed by atoms with E-state index in [9.17, 15) is 5.11 Å². The smallest absolute Gasteiger partial charge is 0.119 e. The largest absolute Gasteiger partial charge is 0.491 e. The molecule has 2 aromatic rings. The van der Waals surface area contributed by atoms with Crippen LogP contribution >= 0.6 is 11.6 Å². The van der Waals surface area contributed by atoms with Gasteiger partial charge in [0.1, 0.15) is 18.5 Å². The maximum Gasteiger partial charge on any atom is 0.119 e. The van der Waals surface area contributed by atoms with Crippen LogP contribution < -0.4 is 10.1 Å². The van der Waals surface area contributed by atoms with Crippen LogP contribution in [0.4, 0.5) is 0 Å². The molecule has 22 heavy (non-hydrogen) atoms. The molecule has 0 radical (unpaired) electrons. The fourth-order valence-corrected chi connectivity index (χ4v) is 2.23. The van der Waals surface area contributed by atoms with Gasteiger partial charge in [-0.1, -0.05) is 35.9 Å². The molecule has 0 amide bonds. The van der Waals surface area contributed by atoms with E-state index in [0.29, 0.717) is 6.54 Å². The third-order valence-corrected chi connectivity index (χ3v) is 3.57. The zero-order valence-electron chi connectivity index (χ0n) is 12.8. The van der Waals surface area contributed by atoms with Crippen molar-refractivity contribution in [2.24, 2.45) is 0 Å². The first-order valence-corrected chi connectivity index (χ1v) is 7.84. The Balaban J connectivity index is 1.61. The van der Waals surface area contributed by atoms with Crippen LogP contribution in [0.25, 0.3) is 0 Å². The Morgan fingerprint density at radius 2 is 1.95 bits per heavy atom. The average molecular weight is 320 g/mol. The van der Waals surface area contributed by atoms with E-state index in [-0.39, 0.29) is 6.61 Å². The van der Waals surface area contributed by atoms with Gasteiger partial charge in [-0.05, 0) is 55.3 Å². The lowest BCUT2D eigenvalue weighted by atomic mass is 10.1. The number of ether oxygens (including phenoxy) is 1. The number of hydrogen-bond acceptors (Lipinski definition) is 3. The minimum Gasteiger partial charge on any atom is -0.491 e. The molecule has 0 aliphatic rings. The molecule has 0 spiro atoms. The van der Waals surface area contributed by atoms with Gasteiger partial charge in [0.05, 0.1) is 0 Å². The van der Waals surface area contributed by atoms with E-state index in [1.807, 2.05) is 55.5 Å². The van der Waals surface area contributed by atoms with Crippen LogP contribution in [0.5, 0.6) is 5.75 Å². The summed E-state index contributed by atoms with van der Waals surface area (Å²) in [7, 11) is 0. The monoisotopic (exact) mass is 319 g/mol. The molecule has 0 saturated heterocycles. The molecule has 0 aromatic heterocycles. The second-order valence-electron chi connectivity index (χ2n) is 5.36. The van der Waals surface area contributed by atoms with Crippen molar-refractivity contribution < 1.29 is 9.84 Å². The lowest BCUT2D eigenvalue weighted by Gasteiger charge is -2.13. The summed E-state index contributed by atoms with van der Waals surface area (Å²) in [5, 5.41) is 13.9. The van der Waals surface area contributed by atoms with Crippen LogP contribution in [-0.4, -0.2) is 30.9 Å². The predicted octanol–water partition coefficient (Wildman–Crippen LogP) is 3.22. The van der Waals surface area contributed by atoms with Gasteiger partial charge in [0.15, 0.2) is 0 Å². The van der Waals surface area contributed by atoms with E-state index in [0.717, 1.165) is 29.3 Å². The Kier molecular flexibility index (Phi) is 6.72. The molecular weight excluding hydrogens is 298 g/mol. The molecule has 2 N–H and O–H groups in total.